The molecule has 3 N–H and O–H groups in total. The Balaban J connectivity index is 1.40. The molecule has 4 bridgehead atoms. The molecule has 0 saturated heterocycles. The molecule has 0 heterocycles. The van der Waals surface area contributed by atoms with Crippen molar-refractivity contribution in [3.05, 3.63) is 89.5 Å². The van der Waals surface area contributed by atoms with Crippen molar-refractivity contribution in [1.82, 2.24) is 4.72 Å². The number of nitrogens with one attached hydrogen (secondary N) is 1. The van der Waals surface area contributed by atoms with Crippen LogP contribution >= 0.6 is 0 Å². The summed E-state index contributed by atoms with van der Waals surface area (Å²) in [4.78, 5) is 0.292. The standard InChI is InChI=1S/C29H31NO4S/c31-24-9-5-20(6-10-24)28(21-7-11-25(32)12-8-21)26-3-1-2-4-27(26)35(33,34)30-29-22-14-18-13-19(16-22)17-23(29)15-18/h1-12,18-19,22-23,28-32H,13-17H2. The lowest BCUT2D eigenvalue weighted by molar-refractivity contribution is -0.00558. The molecule has 0 amide bonds. The molecule has 6 heteroatoms. The van der Waals surface area contributed by atoms with E-state index in [1.165, 1.54) is 6.42 Å². The van der Waals surface area contributed by atoms with Gasteiger partial charge >= 0.3 is 0 Å². The fourth-order valence-electron chi connectivity index (χ4n) is 7.21. The minimum Gasteiger partial charge on any atom is -0.508 e. The van der Waals surface area contributed by atoms with Crippen molar-refractivity contribution in [2.75, 3.05) is 0 Å². The second-order valence-corrected chi connectivity index (χ2v) is 12.4. The van der Waals surface area contributed by atoms with Crippen LogP contribution in [0.4, 0.5) is 0 Å². The molecule has 4 saturated carbocycles. The van der Waals surface area contributed by atoms with Crippen molar-refractivity contribution in [1.29, 1.82) is 0 Å². The molecule has 5 nitrogen and oxygen atoms in total. The number of hydrogen-bond acceptors (Lipinski definition) is 4. The summed E-state index contributed by atoms with van der Waals surface area (Å²) in [7, 11) is -3.76. The average Bonchev–Trinajstić information content (AvgIpc) is 2.84. The molecule has 0 radical (unpaired) electrons. The smallest absolute Gasteiger partial charge is 0.241 e. The molecule has 4 fully saturated rings. The molecule has 7 rings (SSSR count). The minimum absolute atomic E-state index is 0.0154. The number of sulfonamides is 1. The van der Waals surface area contributed by atoms with Crippen LogP contribution in [0.15, 0.2) is 77.7 Å². The van der Waals surface area contributed by atoms with Crippen LogP contribution in [-0.4, -0.2) is 24.7 Å². The maximum atomic E-state index is 13.9. The summed E-state index contributed by atoms with van der Waals surface area (Å²) in [6, 6.07) is 21.0. The molecule has 35 heavy (non-hydrogen) atoms. The van der Waals surface area contributed by atoms with E-state index in [2.05, 4.69) is 4.72 Å². The first-order chi connectivity index (χ1) is 16.9. The molecule has 4 aliphatic carbocycles. The highest BCUT2D eigenvalue weighted by atomic mass is 32.2. The van der Waals surface area contributed by atoms with Gasteiger partial charge in [-0.15, -0.1) is 0 Å². The molecule has 182 valence electrons. The molecule has 4 aliphatic rings. The van der Waals surface area contributed by atoms with E-state index in [4.69, 9.17) is 0 Å². The quantitative estimate of drug-likeness (QED) is 0.406. The van der Waals surface area contributed by atoms with Gasteiger partial charge in [-0.2, -0.15) is 0 Å². The summed E-state index contributed by atoms with van der Waals surface area (Å²) in [5.74, 6) is 2.38. The van der Waals surface area contributed by atoms with Crippen LogP contribution in [0.25, 0.3) is 0 Å². The SMILES string of the molecule is O=S(=O)(NC1C2CC3CC(C2)CC1C3)c1ccccc1C(c1ccc(O)cc1)c1ccc(O)cc1. The fraction of sp³-hybridized carbons (Fsp3) is 0.379. The van der Waals surface area contributed by atoms with Gasteiger partial charge in [0.1, 0.15) is 11.5 Å². The molecule has 0 unspecified atom stereocenters. The summed E-state index contributed by atoms with van der Waals surface area (Å²) in [6.45, 7) is 0. The first kappa shape index (κ1) is 22.6. The Labute approximate surface area is 206 Å². The summed E-state index contributed by atoms with van der Waals surface area (Å²) in [6.07, 6.45) is 5.91. The highest BCUT2D eigenvalue weighted by Crippen LogP contribution is 2.54. The molecule has 0 aromatic heterocycles. The zero-order valence-corrected chi connectivity index (χ0v) is 20.4. The van der Waals surface area contributed by atoms with Gasteiger partial charge in [-0.1, -0.05) is 42.5 Å². The van der Waals surface area contributed by atoms with Crippen molar-refractivity contribution < 1.29 is 18.6 Å². The monoisotopic (exact) mass is 489 g/mol. The normalized spacial score (nSPS) is 27.4. The van der Waals surface area contributed by atoms with E-state index in [-0.39, 0.29) is 23.5 Å². The van der Waals surface area contributed by atoms with E-state index >= 15 is 0 Å². The van der Waals surface area contributed by atoms with Gasteiger partial charge in [-0.05, 0) is 103 Å². The molecule has 0 aliphatic heterocycles. The number of hydrogen-bond donors (Lipinski definition) is 3. The van der Waals surface area contributed by atoms with Crippen LogP contribution < -0.4 is 4.72 Å². The number of aromatic hydroxyl groups is 2. The molecular formula is C29H31NO4S. The highest BCUT2D eigenvalue weighted by Gasteiger charge is 2.49. The maximum absolute atomic E-state index is 13.9. The Morgan fingerprint density at radius 1 is 0.686 bits per heavy atom. The Bertz CT molecular complexity index is 1240. The van der Waals surface area contributed by atoms with E-state index in [1.54, 1.807) is 36.4 Å². The molecule has 3 aromatic carbocycles. The zero-order chi connectivity index (χ0) is 24.2. The number of benzene rings is 3. The van der Waals surface area contributed by atoms with Gasteiger partial charge in [0, 0.05) is 12.0 Å². The van der Waals surface area contributed by atoms with Crippen LogP contribution in [0, 0.1) is 23.7 Å². The first-order valence-electron chi connectivity index (χ1n) is 12.6. The molecule has 0 spiro atoms. The van der Waals surface area contributed by atoms with Gasteiger partial charge in [0.25, 0.3) is 0 Å². The fourth-order valence-corrected chi connectivity index (χ4v) is 8.83. The molecular weight excluding hydrogens is 458 g/mol. The largest absolute Gasteiger partial charge is 0.508 e. The summed E-state index contributed by atoms with van der Waals surface area (Å²) in [5, 5.41) is 19.7. The predicted molar refractivity (Wildman–Crippen MR) is 135 cm³/mol. The Hall–Kier alpha value is -2.83. The second kappa shape index (κ2) is 8.68. The van der Waals surface area contributed by atoms with Crippen LogP contribution in [0.5, 0.6) is 11.5 Å². The third-order valence-electron chi connectivity index (χ3n) is 8.49. The van der Waals surface area contributed by atoms with E-state index < -0.39 is 10.0 Å². The lowest BCUT2D eigenvalue weighted by atomic mass is 9.54. The van der Waals surface area contributed by atoms with Crippen LogP contribution in [-0.2, 0) is 10.0 Å². The lowest BCUT2D eigenvalue weighted by Gasteiger charge is -2.54. The zero-order valence-electron chi connectivity index (χ0n) is 19.5. The lowest BCUT2D eigenvalue weighted by Crippen LogP contribution is -2.55. The van der Waals surface area contributed by atoms with Gasteiger partial charge in [0.05, 0.1) is 4.90 Å². The summed E-state index contributed by atoms with van der Waals surface area (Å²) in [5.41, 5.74) is 2.41. The number of rotatable bonds is 6. The highest BCUT2D eigenvalue weighted by molar-refractivity contribution is 7.89. The molecule has 0 atom stereocenters. The van der Waals surface area contributed by atoms with Gasteiger partial charge in [-0.25, -0.2) is 13.1 Å². The first-order valence-corrected chi connectivity index (χ1v) is 14.0. The van der Waals surface area contributed by atoms with Gasteiger partial charge in [-0.3, -0.25) is 0 Å². The summed E-state index contributed by atoms with van der Waals surface area (Å²) < 4.78 is 31.0. The van der Waals surface area contributed by atoms with Gasteiger partial charge in [0.15, 0.2) is 0 Å². The van der Waals surface area contributed by atoms with Crippen molar-refractivity contribution in [2.45, 2.75) is 49.0 Å². The minimum atomic E-state index is -3.76. The maximum Gasteiger partial charge on any atom is 0.241 e. The van der Waals surface area contributed by atoms with E-state index in [1.807, 2.05) is 36.4 Å². The average molecular weight is 490 g/mol. The van der Waals surface area contributed by atoms with Crippen molar-refractivity contribution >= 4 is 10.0 Å². The van der Waals surface area contributed by atoms with Crippen molar-refractivity contribution in [3.63, 3.8) is 0 Å². The topological polar surface area (TPSA) is 86.6 Å². The predicted octanol–water partition coefficient (Wildman–Crippen LogP) is 5.38. The second-order valence-electron chi connectivity index (χ2n) is 10.7. The number of phenolic OH excluding ortho intramolecular Hbond substituents is 2. The number of phenols is 2. The van der Waals surface area contributed by atoms with Crippen molar-refractivity contribution in [3.8, 4) is 11.5 Å². The van der Waals surface area contributed by atoms with Crippen LogP contribution in [0.2, 0.25) is 0 Å². The van der Waals surface area contributed by atoms with Gasteiger partial charge in [0.2, 0.25) is 10.0 Å². The van der Waals surface area contributed by atoms with E-state index in [0.29, 0.717) is 22.3 Å². The Kier molecular flexibility index (Phi) is 5.61. The Morgan fingerprint density at radius 2 is 1.17 bits per heavy atom. The molecule has 3 aromatic rings. The van der Waals surface area contributed by atoms with E-state index in [0.717, 1.165) is 48.6 Å². The van der Waals surface area contributed by atoms with E-state index in [9.17, 15) is 18.6 Å². The van der Waals surface area contributed by atoms with Crippen LogP contribution in [0.1, 0.15) is 54.7 Å². The van der Waals surface area contributed by atoms with Crippen molar-refractivity contribution in [2.24, 2.45) is 23.7 Å². The Morgan fingerprint density at radius 3 is 1.69 bits per heavy atom. The van der Waals surface area contributed by atoms with Crippen LogP contribution in [0.3, 0.4) is 0 Å². The third-order valence-corrected chi connectivity index (χ3v) is 10.0. The summed E-state index contributed by atoms with van der Waals surface area (Å²) >= 11 is 0. The van der Waals surface area contributed by atoms with Gasteiger partial charge < -0.3 is 10.2 Å². The third kappa shape index (κ3) is 4.23.